The van der Waals surface area contributed by atoms with Gasteiger partial charge in [-0.25, -0.2) is 4.79 Å². The molecule has 3 aromatic rings. The molecule has 0 unspecified atom stereocenters. The van der Waals surface area contributed by atoms with Crippen LogP contribution in [0.5, 0.6) is 0 Å². The standard InChI is InChI=1S/C25H25N5O4/c1-17(2)34-25(33)30-13-11-29(12-14-30)21-5-3-20(4-6-21)28-24(32)22-15-19(16-27-23(22)31)18-7-9-26-10-8-18/h3-10,15-16H,1,11-14H2,2H3,(H,27,31)(H,28,32). The van der Waals surface area contributed by atoms with Crippen molar-refractivity contribution in [2.75, 3.05) is 36.4 Å². The first kappa shape index (κ1) is 22.8. The topological polar surface area (TPSA) is 108 Å². The molecule has 2 aromatic heterocycles. The molecule has 0 spiro atoms. The summed E-state index contributed by atoms with van der Waals surface area (Å²) in [6.07, 6.45) is 4.49. The van der Waals surface area contributed by atoms with Gasteiger partial charge >= 0.3 is 6.09 Å². The van der Waals surface area contributed by atoms with Crippen LogP contribution in [0.25, 0.3) is 11.1 Å². The predicted octanol–water partition coefficient (Wildman–Crippen LogP) is 3.48. The number of piperazine rings is 1. The minimum atomic E-state index is -0.491. The number of carbonyl (C=O) groups is 2. The van der Waals surface area contributed by atoms with Crippen LogP contribution in [0, 0.1) is 0 Å². The molecular weight excluding hydrogens is 434 g/mol. The average Bonchev–Trinajstić information content (AvgIpc) is 2.85. The number of aromatic nitrogens is 2. The highest BCUT2D eigenvalue weighted by Gasteiger charge is 2.22. The van der Waals surface area contributed by atoms with Gasteiger partial charge in [-0.15, -0.1) is 0 Å². The van der Waals surface area contributed by atoms with Crippen LogP contribution < -0.4 is 15.8 Å². The summed E-state index contributed by atoms with van der Waals surface area (Å²) >= 11 is 0. The van der Waals surface area contributed by atoms with E-state index in [4.69, 9.17) is 4.74 Å². The molecule has 1 aliphatic heterocycles. The monoisotopic (exact) mass is 459 g/mol. The fourth-order valence-corrected chi connectivity index (χ4v) is 3.68. The molecule has 1 aliphatic rings. The number of hydrogen-bond donors (Lipinski definition) is 2. The fraction of sp³-hybridized carbons (Fsp3) is 0.200. The van der Waals surface area contributed by atoms with Crippen molar-refractivity contribution in [2.45, 2.75) is 6.92 Å². The Morgan fingerprint density at radius 3 is 2.35 bits per heavy atom. The van der Waals surface area contributed by atoms with Crippen LogP contribution in [0.15, 0.2) is 78.2 Å². The van der Waals surface area contributed by atoms with E-state index in [9.17, 15) is 14.4 Å². The van der Waals surface area contributed by atoms with Crippen molar-refractivity contribution in [1.29, 1.82) is 0 Å². The third-order valence-electron chi connectivity index (χ3n) is 5.45. The second-order valence-electron chi connectivity index (χ2n) is 7.91. The molecule has 174 valence electrons. The third kappa shape index (κ3) is 5.32. The Bertz CT molecular complexity index is 1250. The van der Waals surface area contributed by atoms with Gasteiger partial charge in [0.1, 0.15) is 5.56 Å². The van der Waals surface area contributed by atoms with Gasteiger partial charge < -0.3 is 24.8 Å². The summed E-state index contributed by atoms with van der Waals surface area (Å²) in [5.41, 5.74) is 2.67. The van der Waals surface area contributed by atoms with Gasteiger partial charge in [-0.05, 0) is 60.5 Å². The predicted molar refractivity (Wildman–Crippen MR) is 130 cm³/mol. The third-order valence-corrected chi connectivity index (χ3v) is 5.45. The maximum atomic E-state index is 12.8. The molecule has 34 heavy (non-hydrogen) atoms. The number of carbonyl (C=O) groups excluding carboxylic acids is 2. The lowest BCUT2D eigenvalue weighted by Gasteiger charge is -2.35. The van der Waals surface area contributed by atoms with Crippen LogP contribution in [0.3, 0.4) is 0 Å². The van der Waals surface area contributed by atoms with Gasteiger partial charge in [-0.1, -0.05) is 6.58 Å². The Labute approximate surface area is 196 Å². The second kappa shape index (κ2) is 10.0. The van der Waals surface area contributed by atoms with E-state index in [0.29, 0.717) is 43.2 Å². The van der Waals surface area contributed by atoms with Crippen LogP contribution in [-0.4, -0.2) is 53.0 Å². The lowest BCUT2D eigenvalue weighted by atomic mass is 10.1. The molecule has 2 amide bonds. The maximum Gasteiger partial charge on any atom is 0.414 e. The number of hydrogen-bond acceptors (Lipinski definition) is 6. The van der Waals surface area contributed by atoms with Gasteiger partial charge in [0.2, 0.25) is 0 Å². The molecule has 0 radical (unpaired) electrons. The summed E-state index contributed by atoms with van der Waals surface area (Å²) in [5, 5.41) is 2.78. The van der Waals surface area contributed by atoms with E-state index < -0.39 is 11.5 Å². The van der Waals surface area contributed by atoms with Crippen molar-refractivity contribution >= 4 is 23.4 Å². The number of pyridine rings is 2. The minimum absolute atomic E-state index is 0.0242. The lowest BCUT2D eigenvalue weighted by Crippen LogP contribution is -2.48. The van der Waals surface area contributed by atoms with Crippen molar-refractivity contribution in [3.63, 3.8) is 0 Å². The summed E-state index contributed by atoms with van der Waals surface area (Å²) in [6.45, 7) is 7.64. The van der Waals surface area contributed by atoms with Gasteiger partial charge in [-0.3, -0.25) is 14.6 Å². The van der Waals surface area contributed by atoms with Crippen molar-refractivity contribution in [1.82, 2.24) is 14.9 Å². The quantitative estimate of drug-likeness (QED) is 0.566. The van der Waals surface area contributed by atoms with Crippen LogP contribution in [0.2, 0.25) is 0 Å². The molecule has 0 saturated carbocycles. The van der Waals surface area contributed by atoms with Crippen LogP contribution in [-0.2, 0) is 4.74 Å². The number of nitrogens with zero attached hydrogens (tertiary/aromatic N) is 3. The maximum absolute atomic E-state index is 12.8. The molecule has 9 heteroatoms. The van der Waals surface area contributed by atoms with E-state index in [1.54, 1.807) is 60.7 Å². The SMILES string of the molecule is C=C(C)OC(=O)N1CCN(c2ccc(NC(=O)c3cc(-c4ccncc4)c[nH]c3=O)cc2)CC1. The van der Waals surface area contributed by atoms with Gasteiger partial charge in [0.05, 0.1) is 5.76 Å². The summed E-state index contributed by atoms with van der Waals surface area (Å²) in [7, 11) is 0. The molecule has 0 atom stereocenters. The smallest absolute Gasteiger partial charge is 0.414 e. The minimum Gasteiger partial charge on any atom is -0.416 e. The Morgan fingerprint density at radius 2 is 1.71 bits per heavy atom. The number of benzene rings is 1. The Balaban J connectivity index is 1.39. The van der Waals surface area contributed by atoms with E-state index in [1.165, 1.54) is 0 Å². The average molecular weight is 460 g/mol. The first-order chi connectivity index (χ1) is 16.4. The zero-order chi connectivity index (χ0) is 24.1. The zero-order valence-electron chi connectivity index (χ0n) is 18.8. The van der Waals surface area contributed by atoms with Crippen molar-refractivity contribution in [2.24, 2.45) is 0 Å². The van der Waals surface area contributed by atoms with Gasteiger partial charge in [0.25, 0.3) is 11.5 Å². The molecule has 0 aliphatic carbocycles. The van der Waals surface area contributed by atoms with E-state index in [1.807, 2.05) is 12.1 Å². The number of allylic oxidation sites excluding steroid dienone is 1. The van der Waals surface area contributed by atoms with Crippen LogP contribution in [0.4, 0.5) is 16.2 Å². The fourth-order valence-electron chi connectivity index (χ4n) is 3.68. The van der Waals surface area contributed by atoms with Gasteiger partial charge in [0, 0.05) is 56.1 Å². The Hall–Kier alpha value is -4.40. The number of ether oxygens (including phenoxy) is 1. The summed E-state index contributed by atoms with van der Waals surface area (Å²) < 4.78 is 5.07. The van der Waals surface area contributed by atoms with Crippen molar-refractivity contribution in [3.05, 3.63) is 89.3 Å². The molecule has 1 saturated heterocycles. The molecule has 4 rings (SSSR count). The van der Waals surface area contributed by atoms with Crippen molar-refractivity contribution in [3.8, 4) is 11.1 Å². The van der Waals surface area contributed by atoms with E-state index >= 15 is 0 Å². The number of aromatic amines is 1. The van der Waals surface area contributed by atoms with Crippen LogP contribution in [0.1, 0.15) is 17.3 Å². The Morgan fingerprint density at radius 1 is 1.03 bits per heavy atom. The summed E-state index contributed by atoms with van der Waals surface area (Å²) in [5.74, 6) is -0.120. The zero-order valence-corrected chi connectivity index (χ0v) is 18.8. The number of rotatable bonds is 5. The number of anilines is 2. The van der Waals surface area contributed by atoms with E-state index in [2.05, 4.69) is 26.8 Å². The molecule has 9 nitrogen and oxygen atoms in total. The normalized spacial score (nSPS) is 13.3. The lowest BCUT2D eigenvalue weighted by molar-refractivity contribution is 0.102. The molecule has 3 heterocycles. The number of nitrogens with one attached hydrogen (secondary N) is 2. The highest BCUT2D eigenvalue weighted by Crippen LogP contribution is 2.21. The first-order valence-corrected chi connectivity index (χ1v) is 10.8. The van der Waals surface area contributed by atoms with Crippen molar-refractivity contribution < 1.29 is 14.3 Å². The molecular formula is C25H25N5O4. The highest BCUT2D eigenvalue weighted by molar-refractivity contribution is 6.04. The van der Waals surface area contributed by atoms with E-state index in [-0.39, 0.29) is 11.7 Å². The van der Waals surface area contributed by atoms with Crippen LogP contribution >= 0.6 is 0 Å². The summed E-state index contributed by atoms with van der Waals surface area (Å²) in [4.78, 5) is 47.4. The van der Waals surface area contributed by atoms with Gasteiger partial charge in [0.15, 0.2) is 0 Å². The largest absolute Gasteiger partial charge is 0.416 e. The molecule has 1 fully saturated rings. The Kier molecular flexibility index (Phi) is 6.72. The van der Waals surface area contributed by atoms with Gasteiger partial charge in [-0.2, -0.15) is 0 Å². The molecule has 2 N–H and O–H groups in total. The molecule has 0 bridgehead atoms. The number of amides is 2. The highest BCUT2D eigenvalue weighted by atomic mass is 16.6. The molecule has 1 aromatic carbocycles. The summed E-state index contributed by atoms with van der Waals surface area (Å²) in [6, 6.07) is 12.5. The first-order valence-electron chi connectivity index (χ1n) is 10.8. The van der Waals surface area contributed by atoms with E-state index in [0.717, 1.165) is 11.3 Å². The number of H-pyrrole nitrogens is 1. The second-order valence-corrected chi connectivity index (χ2v) is 7.91.